The summed E-state index contributed by atoms with van der Waals surface area (Å²) in [5.41, 5.74) is 11.3. The van der Waals surface area contributed by atoms with Gasteiger partial charge in [-0.1, -0.05) is 12.1 Å². The molecule has 3 nitrogen and oxygen atoms in total. The second-order valence-electron chi connectivity index (χ2n) is 5.10. The van der Waals surface area contributed by atoms with Crippen molar-refractivity contribution >= 4 is 0 Å². The van der Waals surface area contributed by atoms with E-state index in [4.69, 9.17) is 5.73 Å². The number of aromatic nitrogens is 2. The average Bonchev–Trinajstić information content (AvgIpc) is 2.87. The molecular formula is C15H19N3. The summed E-state index contributed by atoms with van der Waals surface area (Å²) in [5.74, 6) is 0. The van der Waals surface area contributed by atoms with Crippen LogP contribution in [-0.4, -0.2) is 9.55 Å². The van der Waals surface area contributed by atoms with Crippen LogP contribution in [0.4, 0.5) is 0 Å². The second kappa shape index (κ2) is 4.58. The lowest BCUT2D eigenvalue weighted by atomic mass is 9.90. The van der Waals surface area contributed by atoms with Crippen molar-refractivity contribution in [1.29, 1.82) is 0 Å². The average molecular weight is 241 g/mol. The van der Waals surface area contributed by atoms with Gasteiger partial charge in [-0.2, -0.15) is 0 Å². The molecule has 1 heterocycles. The molecule has 2 N–H and O–H groups in total. The molecule has 1 atom stereocenters. The number of imidazole rings is 1. The topological polar surface area (TPSA) is 43.8 Å². The van der Waals surface area contributed by atoms with Crippen molar-refractivity contribution in [2.75, 3.05) is 0 Å². The molecule has 0 fully saturated rings. The SMILES string of the molecule is C[C@@H](N)c1cncn1-c1cccc2c1CCCC2. The quantitative estimate of drug-likeness (QED) is 0.878. The van der Waals surface area contributed by atoms with Gasteiger partial charge < -0.3 is 10.3 Å². The third-order valence-corrected chi connectivity index (χ3v) is 3.76. The number of benzene rings is 1. The fourth-order valence-electron chi connectivity index (χ4n) is 2.83. The van der Waals surface area contributed by atoms with E-state index in [0.29, 0.717) is 0 Å². The van der Waals surface area contributed by atoms with Crippen LogP contribution in [0.25, 0.3) is 5.69 Å². The molecule has 0 saturated heterocycles. The third-order valence-electron chi connectivity index (χ3n) is 3.76. The Morgan fingerprint density at radius 2 is 2.11 bits per heavy atom. The molecule has 0 unspecified atom stereocenters. The molecule has 0 radical (unpaired) electrons. The minimum atomic E-state index is 0.00643. The standard InChI is InChI=1S/C15H19N3/c1-11(16)15-9-17-10-18(15)14-8-4-6-12-5-2-3-7-13(12)14/h4,6,8-11H,2-3,5,7,16H2,1H3/t11-/m1/s1. The van der Waals surface area contributed by atoms with Crippen LogP contribution < -0.4 is 5.73 Å². The van der Waals surface area contributed by atoms with E-state index in [9.17, 15) is 0 Å². The monoisotopic (exact) mass is 241 g/mol. The van der Waals surface area contributed by atoms with Crippen LogP contribution in [0.2, 0.25) is 0 Å². The van der Waals surface area contributed by atoms with E-state index in [1.807, 2.05) is 19.4 Å². The number of nitrogens with zero attached hydrogens (tertiary/aromatic N) is 2. The highest BCUT2D eigenvalue weighted by Gasteiger charge is 2.16. The summed E-state index contributed by atoms with van der Waals surface area (Å²) >= 11 is 0. The van der Waals surface area contributed by atoms with Crippen LogP contribution in [0.3, 0.4) is 0 Å². The first-order valence-corrected chi connectivity index (χ1v) is 6.66. The molecule has 18 heavy (non-hydrogen) atoms. The summed E-state index contributed by atoms with van der Waals surface area (Å²) in [7, 11) is 0. The molecule has 3 heteroatoms. The largest absolute Gasteiger partial charge is 0.323 e. The Bertz CT molecular complexity index is 555. The van der Waals surface area contributed by atoms with Crippen LogP contribution >= 0.6 is 0 Å². The van der Waals surface area contributed by atoms with Gasteiger partial charge in [0.15, 0.2) is 0 Å². The molecule has 1 aromatic heterocycles. The summed E-state index contributed by atoms with van der Waals surface area (Å²) in [4.78, 5) is 4.25. The summed E-state index contributed by atoms with van der Waals surface area (Å²) in [6.07, 6.45) is 8.70. The predicted molar refractivity (Wildman–Crippen MR) is 72.8 cm³/mol. The number of rotatable bonds is 2. The normalized spacial score (nSPS) is 16.3. The van der Waals surface area contributed by atoms with E-state index < -0.39 is 0 Å². The minimum absolute atomic E-state index is 0.00643. The highest BCUT2D eigenvalue weighted by Crippen LogP contribution is 2.28. The summed E-state index contributed by atoms with van der Waals surface area (Å²) in [6, 6.07) is 6.58. The zero-order chi connectivity index (χ0) is 12.5. The van der Waals surface area contributed by atoms with Gasteiger partial charge in [0, 0.05) is 6.04 Å². The molecule has 1 aliphatic carbocycles. The lowest BCUT2D eigenvalue weighted by Gasteiger charge is -2.21. The van der Waals surface area contributed by atoms with E-state index in [0.717, 1.165) is 5.69 Å². The van der Waals surface area contributed by atoms with Crippen molar-refractivity contribution in [3.05, 3.63) is 47.5 Å². The van der Waals surface area contributed by atoms with E-state index >= 15 is 0 Å². The second-order valence-corrected chi connectivity index (χ2v) is 5.10. The lowest BCUT2D eigenvalue weighted by Crippen LogP contribution is -2.13. The van der Waals surface area contributed by atoms with E-state index in [1.54, 1.807) is 0 Å². The molecule has 94 valence electrons. The summed E-state index contributed by atoms with van der Waals surface area (Å²) in [6.45, 7) is 2.00. The van der Waals surface area contributed by atoms with Gasteiger partial charge in [0.2, 0.25) is 0 Å². The number of nitrogens with two attached hydrogens (primary N) is 1. The Labute approximate surface area is 108 Å². The predicted octanol–water partition coefficient (Wildman–Crippen LogP) is 2.77. The molecular weight excluding hydrogens is 222 g/mol. The molecule has 0 aliphatic heterocycles. The van der Waals surface area contributed by atoms with Gasteiger partial charge >= 0.3 is 0 Å². The van der Waals surface area contributed by atoms with E-state index in [2.05, 4.69) is 27.8 Å². The zero-order valence-corrected chi connectivity index (χ0v) is 10.8. The van der Waals surface area contributed by atoms with Gasteiger partial charge in [-0.25, -0.2) is 4.98 Å². The maximum Gasteiger partial charge on any atom is 0.0994 e. The highest BCUT2D eigenvalue weighted by molar-refractivity contribution is 5.48. The fraction of sp³-hybridized carbons (Fsp3) is 0.400. The third kappa shape index (κ3) is 1.85. The highest BCUT2D eigenvalue weighted by atomic mass is 15.1. The Balaban J connectivity index is 2.14. The Hall–Kier alpha value is -1.61. The van der Waals surface area contributed by atoms with Crippen molar-refractivity contribution in [2.45, 2.75) is 38.6 Å². The van der Waals surface area contributed by atoms with E-state index in [-0.39, 0.29) is 6.04 Å². The molecule has 0 saturated carbocycles. The lowest BCUT2D eigenvalue weighted by molar-refractivity contribution is 0.676. The van der Waals surface area contributed by atoms with Crippen molar-refractivity contribution in [3.63, 3.8) is 0 Å². The number of hydrogen-bond acceptors (Lipinski definition) is 2. The zero-order valence-electron chi connectivity index (χ0n) is 10.8. The van der Waals surface area contributed by atoms with Crippen molar-refractivity contribution in [1.82, 2.24) is 9.55 Å². The van der Waals surface area contributed by atoms with Crippen molar-refractivity contribution in [2.24, 2.45) is 5.73 Å². The fourth-order valence-corrected chi connectivity index (χ4v) is 2.83. The van der Waals surface area contributed by atoms with Crippen LogP contribution in [0.15, 0.2) is 30.7 Å². The van der Waals surface area contributed by atoms with Gasteiger partial charge in [0.05, 0.1) is 23.9 Å². The van der Waals surface area contributed by atoms with Crippen LogP contribution in [0.5, 0.6) is 0 Å². The van der Waals surface area contributed by atoms with Crippen molar-refractivity contribution in [3.8, 4) is 5.69 Å². The molecule has 0 spiro atoms. The summed E-state index contributed by atoms with van der Waals surface area (Å²) in [5, 5.41) is 0. The number of hydrogen-bond donors (Lipinski definition) is 1. The molecule has 0 amide bonds. The first-order valence-electron chi connectivity index (χ1n) is 6.66. The number of fused-ring (bicyclic) bond motifs is 1. The van der Waals surface area contributed by atoms with Crippen molar-refractivity contribution < 1.29 is 0 Å². The van der Waals surface area contributed by atoms with Gasteiger partial charge in [-0.15, -0.1) is 0 Å². The van der Waals surface area contributed by atoms with E-state index in [1.165, 1.54) is 42.5 Å². The smallest absolute Gasteiger partial charge is 0.0994 e. The Kier molecular flexibility index (Phi) is 2.92. The molecule has 1 aromatic carbocycles. The maximum absolute atomic E-state index is 6.01. The summed E-state index contributed by atoms with van der Waals surface area (Å²) < 4.78 is 2.15. The first kappa shape index (κ1) is 11.5. The van der Waals surface area contributed by atoms with Gasteiger partial charge in [0.25, 0.3) is 0 Å². The van der Waals surface area contributed by atoms with Gasteiger partial charge in [-0.05, 0) is 49.8 Å². The first-order chi connectivity index (χ1) is 8.77. The van der Waals surface area contributed by atoms with Crippen LogP contribution in [-0.2, 0) is 12.8 Å². The van der Waals surface area contributed by atoms with Crippen LogP contribution in [0.1, 0.15) is 42.6 Å². The molecule has 0 bridgehead atoms. The Morgan fingerprint density at radius 1 is 1.28 bits per heavy atom. The molecule has 1 aliphatic rings. The maximum atomic E-state index is 6.01. The van der Waals surface area contributed by atoms with Gasteiger partial charge in [-0.3, -0.25) is 0 Å². The van der Waals surface area contributed by atoms with Crippen LogP contribution in [0, 0.1) is 0 Å². The molecule has 3 rings (SSSR count). The Morgan fingerprint density at radius 3 is 2.94 bits per heavy atom. The minimum Gasteiger partial charge on any atom is -0.323 e. The van der Waals surface area contributed by atoms with Gasteiger partial charge in [0.1, 0.15) is 0 Å². The molecule has 2 aromatic rings. The number of aryl methyl sites for hydroxylation is 1.